The molecule has 1 heterocycles. The van der Waals surface area contributed by atoms with Crippen LogP contribution in [0.25, 0.3) is 0 Å². The van der Waals surface area contributed by atoms with Gasteiger partial charge in [0.2, 0.25) is 0 Å². The summed E-state index contributed by atoms with van der Waals surface area (Å²) in [5.41, 5.74) is 0. The second-order valence-electron chi connectivity index (χ2n) is 2.47. The predicted molar refractivity (Wildman–Crippen MR) is 67.3 cm³/mol. The molecule has 0 aliphatic rings. The van der Waals surface area contributed by atoms with Crippen LogP contribution in [0.2, 0.25) is 0 Å². The standard InChI is InChI=1S/C8H9BrIN3O/c1-2-11-8(14)13-7-3-5(9)6(10)4-12-7/h3-4H,2H2,1H3,(H2,11,12,13,14). The van der Waals surface area contributed by atoms with E-state index in [1.54, 1.807) is 12.3 Å². The van der Waals surface area contributed by atoms with Crippen LogP contribution < -0.4 is 10.6 Å². The third-order valence-corrected chi connectivity index (χ3v) is 3.64. The minimum absolute atomic E-state index is 0.242. The van der Waals surface area contributed by atoms with Gasteiger partial charge < -0.3 is 5.32 Å². The Morgan fingerprint density at radius 2 is 2.43 bits per heavy atom. The molecule has 76 valence electrons. The summed E-state index contributed by atoms with van der Waals surface area (Å²) < 4.78 is 1.92. The van der Waals surface area contributed by atoms with Gasteiger partial charge in [-0.1, -0.05) is 0 Å². The van der Waals surface area contributed by atoms with Gasteiger partial charge in [-0.15, -0.1) is 0 Å². The van der Waals surface area contributed by atoms with Crippen molar-refractivity contribution in [1.82, 2.24) is 10.3 Å². The number of hydrogen-bond donors (Lipinski definition) is 2. The van der Waals surface area contributed by atoms with E-state index in [-0.39, 0.29) is 6.03 Å². The van der Waals surface area contributed by atoms with Crippen LogP contribution >= 0.6 is 38.5 Å². The van der Waals surface area contributed by atoms with E-state index in [0.717, 1.165) is 8.04 Å². The van der Waals surface area contributed by atoms with Crippen LogP contribution in [0.3, 0.4) is 0 Å². The number of nitrogens with zero attached hydrogens (tertiary/aromatic N) is 1. The molecule has 0 fully saturated rings. The summed E-state index contributed by atoms with van der Waals surface area (Å²) in [5.74, 6) is 0.531. The van der Waals surface area contributed by atoms with Crippen LogP contribution in [0.15, 0.2) is 16.7 Å². The molecule has 1 rings (SSSR count). The maximum absolute atomic E-state index is 11.1. The molecule has 1 aromatic rings. The van der Waals surface area contributed by atoms with Crippen molar-refractivity contribution in [1.29, 1.82) is 0 Å². The van der Waals surface area contributed by atoms with Gasteiger partial charge in [0.1, 0.15) is 5.82 Å². The van der Waals surface area contributed by atoms with Crippen molar-refractivity contribution in [2.24, 2.45) is 0 Å². The molecule has 6 heteroatoms. The lowest BCUT2D eigenvalue weighted by atomic mass is 10.5. The molecular formula is C8H9BrIN3O. The van der Waals surface area contributed by atoms with Crippen LogP contribution in [0.4, 0.5) is 10.6 Å². The van der Waals surface area contributed by atoms with Gasteiger partial charge in [-0.05, 0) is 51.5 Å². The van der Waals surface area contributed by atoms with Gasteiger partial charge in [0, 0.05) is 20.8 Å². The Kier molecular flexibility index (Phi) is 4.59. The smallest absolute Gasteiger partial charge is 0.320 e. The molecule has 4 nitrogen and oxygen atoms in total. The van der Waals surface area contributed by atoms with E-state index in [4.69, 9.17) is 0 Å². The molecule has 0 saturated carbocycles. The molecule has 0 bridgehead atoms. The highest BCUT2D eigenvalue weighted by Gasteiger charge is 2.03. The van der Waals surface area contributed by atoms with Gasteiger partial charge in [-0.25, -0.2) is 9.78 Å². The summed E-state index contributed by atoms with van der Waals surface area (Å²) in [4.78, 5) is 15.2. The number of hydrogen-bond acceptors (Lipinski definition) is 2. The van der Waals surface area contributed by atoms with Gasteiger partial charge in [-0.3, -0.25) is 5.32 Å². The third kappa shape index (κ3) is 3.41. The Morgan fingerprint density at radius 3 is 3.00 bits per heavy atom. The van der Waals surface area contributed by atoms with E-state index in [9.17, 15) is 4.79 Å². The van der Waals surface area contributed by atoms with Gasteiger partial charge >= 0.3 is 6.03 Å². The lowest BCUT2D eigenvalue weighted by molar-refractivity contribution is 0.252. The van der Waals surface area contributed by atoms with Crippen LogP contribution in [-0.2, 0) is 0 Å². The quantitative estimate of drug-likeness (QED) is 0.787. The Balaban J connectivity index is 2.68. The zero-order valence-corrected chi connectivity index (χ0v) is 11.2. The SMILES string of the molecule is CCNC(=O)Nc1cc(Br)c(I)cn1. The third-order valence-electron chi connectivity index (χ3n) is 1.39. The van der Waals surface area contributed by atoms with Crippen LogP contribution in [0.1, 0.15) is 6.92 Å². The van der Waals surface area contributed by atoms with Crippen LogP contribution in [0.5, 0.6) is 0 Å². The summed E-state index contributed by atoms with van der Waals surface area (Å²) in [6.45, 7) is 2.45. The van der Waals surface area contributed by atoms with Crippen LogP contribution in [-0.4, -0.2) is 17.6 Å². The molecule has 1 aromatic heterocycles. The van der Waals surface area contributed by atoms with Crippen molar-refractivity contribution in [3.63, 3.8) is 0 Å². The lowest BCUT2D eigenvalue weighted by Crippen LogP contribution is -2.28. The molecule has 0 radical (unpaired) electrons. The van der Waals surface area contributed by atoms with Gasteiger partial charge in [0.15, 0.2) is 0 Å². The number of anilines is 1. The van der Waals surface area contributed by atoms with E-state index in [0.29, 0.717) is 12.4 Å². The Hall–Kier alpha value is -0.370. The molecular weight excluding hydrogens is 361 g/mol. The largest absolute Gasteiger partial charge is 0.338 e. The van der Waals surface area contributed by atoms with Crippen molar-refractivity contribution in [3.8, 4) is 0 Å². The number of rotatable bonds is 2. The number of nitrogens with one attached hydrogen (secondary N) is 2. The number of aromatic nitrogens is 1. The average molecular weight is 370 g/mol. The summed E-state index contributed by atoms with van der Waals surface area (Å²) in [6, 6.07) is 1.52. The van der Waals surface area contributed by atoms with Crippen molar-refractivity contribution in [2.45, 2.75) is 6.92 Å². The highest BCUT2D eigenvalue weighted by Crippen LogP contribution is 2.20. The molecule has 0 aromatic carbocycles. The summed E-state index contributed by atoms with van der Waals surface area (Å²) in [5, 5.41) is 5.24. The first-order valence-electron chi connectivity index (χ1n) is 3.99. The molecule has 0 aliphatic carbocycles. The highest BCUT2D eigenvalue weighted by atomic mass is 127. The topological polar surface area (TPSA) is 54.0 Å². The monoisotopic (exact) mass is 369 g/mol. The van der Waals surface area contributed by atoms with Crippen molar-refractivity contribution >= 4 is 50.4 Å². The molecule has 0 saturated heterocycles. The summed E-state index contributed by atoms with van der Waals surface area (Å²) in [7, 11) is 0. The maximum atomic E-state index is 11.1. The van der Waals surface area contributed by atoms with Crippen molar-refractivity contribution < 1.29 is 4.79 Å². The lowest BCUT2D eigenvalue weighted by Gasteiger charge is -2.05. The van der Waals surface area contributed by atoms with Crippen LogP contribution in [0, 0.1) is 3.57 Å². The second-order valence-corrected chi connectivity index (χ2v) is 4.48. The van der Waals surface area contributed by atoms with E-state index in [2.05, 4.69) is 54.1 Å². The first kappa shape index (κ1) is 11.7. The zero-order valence-electron chi connectivity index (χ0n) is 7.47. The Labute approximate surface area is 104 Å². The van der Waals surface area contributed by atoms with Gasteiger partial charge in [0.05, 0.1) is 0 Å². The minimum Gasteiger partial charge on any atom is -0.338 e. The van der Waals surface area contributed by atoms with E-state index in [1.807, 2.05) is 6.92 Å². The average Bonchev–Trinajstić information content (AvgIpc) is 2.12. The zero-order chi connectivity index (χ0) is 10.6. The number of carbonyl (C=O) groups is 1. The molecule has 2 amide bonds. The van der Waals surface area contributed by atoms with Gasteiger partial charge in [-0.2, -0.15) is 0 Å². The van der Waals surface area contributed by atoms with Gasteiger partial charge in [0.25, 0.3) is 0 Å². The molecule has 0 atom stereocenters. The number of urea groups is 1. The molecule has 0 spiro atoms. The number of carbonyl (C=O) groups excluding carboxylic acids is 1. The first-order valence-corrected chi connectivity index (χ1v) is 5.86. The highest BCUT2D eigenvalue weighted by molar-refractivity contribution is 14.1. The van der Waals surface area contributed by atoms with E-state index in [1.165, 1.54) is 0 Å². The summed E-state index contributed by atoms with van der Waals surface area (Å²) >= 11 is 5.51. The normalized spacial score (nSPS) is 9.64. The van der Waals surface area contributed by atoms with E-state index < -0.39 is 0 Å². The number of amides is 2. The fourth-order valence-corrected chi connectivity index (χ4v) is 1.42. The number of pyridine rings is 1. The minimum atomic E-state index is -0.242. The maximum Gasteiger partial charge on any atom is 0.320 e. The summed E-state index contributed by atoms with van der Waals surface area (Å²) in [6.07, 6.45) is 1.69. The molecule has 0 unspecified atom stereocenters. The first-order chi connectivity index (χ1) is 6.63. The van der Waals surface area contributed by atoms with E-state index >= 15 is 0 Å². The Morgan fingerprint density at radius 1 is 1.71 bits per heavy atom. The fraction of sp³-hybridized carbons (Fsp3) is 0.250. The second kappa shape index (κ2) is 5.50. The molecule has 0 aliphatic heterocycles. The fourth-order valence-electron chi connectivity index (χ4n) is 0.804. The Bertz CT molecular complexity index is 345. The van der Waals surface area contributed by atoms with Crippen molar-refractivity contribution in [2.75, 3.05) is 11.9 Å². The predicted octanol–water partition coefficient (Wildman–Crippen LogP) is 2.59. The number of halogens is 2. The molecule has 14 heavy (non-hydrogen) atoms. The molecule has 2 N–H and O–H groups in total. The van der Waals surface area contributed by atoms with Crippen molar-refractivity contribution in [3.05, 3.63) is 20.3 Å².